The molecule has 2 aromatic carbocycles. The summed E-state index contributed by atoms with van der Waals surface area (Å²) in [6, 6.07) is 18.7. The van der Waals surface area contributed by atoms with Gasteiger partial charge in [-0.25, -0.2) is 4.98 Å². The molecule has 5 nitrogen and oxygen atoms in total. The number of rotatable bonds is 7. The zero-order valence-corrected chi connectivity index (χ0v) is 18.1. The van der Waals surface area contributed by atoms with Crippen molar-refractivity contribution in [2.45, 2.75) is 19.9 Å². The van der Waals surface area contributed by atoms with Crippen molar-refractivity contribution in [2.24, 2.45) is 0 Å². The van der Waals surface area contributed by atoms with Gasteiger partial charge in [-0.15, -0.1) is 0 Å². The third kappa shape index (κ3) is 5.26. The molecule has 0 aliphatic carbocycles. The molecule has 4 rings (SSSR count). The van der Waals surface area contributed by atoms with E-state index in [2.05, 4.69) is 51.2 Å². The smallest absolute Gasteiger partial charge is 0.310 e. The number of nitrogens with zero attached hydrogens (tertiary/aromatic N) is 3. The molecule has 1 saturated heterocycles. The molecule has 0 unspecified atom stereocenters. The van der Waals surface area contributed by atoms with Gasteiger partial charge in [-0.3, -0.25) is 9.69 Å². The van der Waals surface area contributed by atoms with E-state index >= 15 is 0 Å². The summed E-state index contributed by atoms with van der Waals surface area (Å²) in [7, 11) is 0. The molecule has 1 aliphatic rings. The Morgan fingerprint density at radius 1 is 1.03 bits per heavy atom. The van der Waals surface area contributed by atoms with Gasteiger partial charge in [0, 0.05) is 38.9 Å². The summed E-state index contributed by atoms with van der Waals surface area (Å²) < 4.78 is 5.06. The zero-order chi connectivity index (χ0) is 20.8. The van der Waals surface area contributed by atoms with Crippen LogP contribution in [0, 0.1) is 0 Å². The number of benzene rings is 2. The third-order valence-electron chi connectivity index (χ3n) is 5.25. The molecule has 1 aliphatic heterocycles. The average molecular weight is 422 g/mol. The Hall–Kier alpha value is -2.70. The van der Waals surface area contributed by atoms with E-state index in [1.807, 2.05) is 31.3 Å². The summed E-state index contributed by atoms with van der Waals surface area (Å²) in [5.74, 6) is -0.165. The predicted molar refractivity (Wildman–Crippen MR) is 122 cm³/mol. The van der Waals surface area contributed by atoms with Crippen molar-refractivity contribution >= 4 is 22.4 Å². The number of hydrogen-bond donors (Lipinski definition) is 0. The number of piperazine rings is 1. The highest BCUT2D eigenvalue weighted by Crippen LogP contribution is 2.31. The second kappa shape index (κ2) is 9.87. The van der Waals surface area contributed by atoms with E-state index in [1.54, 1.807) is 11.3 Å². The van der Waals surface area contributed by atoms with Crippen molar-refractivity contribution < 1.29 is 9.53 Å². The molecule has 2 heterocycles. The van der Waals surface area contributed by atoms with Crippen LogP contribution in [-0.2, 0) is 22.5 Å². The summed E-state index contributed by atoms with van der Waals surface area (Å²) in [6.07, 6.45) is 2.32. The topological polar surface area (TPSA) is 45.7 Å². The van der Waals surface area contributed by atoms with Crippen LogP contribution in [-0.4, -0.2) is 48.6 Å². The summed E-state index contributed by atoms with van der Waals surface area (Å²) >= 11 is 1.76. The van der Waals surface area contributed by atoms with Gasteiger partial charge in [-0.1, -0.05) is 65.9 Å². The third-order valence-corrected chi connectivity index (χ3v) is 6.35. The number of ether oxygens (including phenoxy) is 1. The van der Waals surface area contributed by atoms with Gasteiger partial charge in [-0.2, -0.15) is 0 Å². The van der Waals surface area contributed by atoms with Gasteiger partial charge < -0.3 is 9.64 Å². The Kier molecular flexibility index (Phi) is 6.77. The van der Waals surface area contributed by atoms with Gasteiger partial charge in [0.15, 0.2) is 5.13 Å². The van der Waals surface area contributed by atoms with Crippen LogP contribution in [0.4, 0.5) is 5.13 Å². The maximum atomic E-state index is 11.7. The van der Waals surface area contributed by atoms with Gasteiger partial charge in [0.25, 0.3) is 0 Å². The van der Waals surface area contributed by atoms with Crippen molar-refractivity contribution in [1.29, 1.82) is 0 Å². The number of aromatic nitrogens is 1. The number of hydrogen-bond acceptors (Lipinski definition) is 6. The number of anilines is 1. The molecule has 6 heteroatoms. The summed E-state index contributed by atoms with van der Waals surface area (Å²) in [4.78, 5) is 22.5. The number of carbonyl (C=O) groups is 1. The number of esters is 1. The van der Waals surface area contributed by atoms with Crippen LogP contribution in [0.5, 0.6) is 0 Å². The molecule has 1 aromatic heterocycles. The lowest BCUT2D eigenvalue weighted by atomic mass is 10.1. The molecule has 1 fully saturated rings. The maximum Gasteiger partial charge on any atom is 0.310 e. The van der Waals surface area contributed by atoms with Crippen molar-refractivity contribution in [3.8, 4) is 10.4 Å². The maximum absolute atomic E-state index is 11.7. The second-order valence-electron chi connectivity index (χ2n) is 7.44. The molecule has 3 aromatic rings. The van der Waals surface area contributed by atoms with E-state index in [0.29, 0.717) is 13.0 Å². The van der Waals surface area contributed by atoms with Crippen molar-refractivity contribution in [1.82, 2.24) is 9.88 Å². The molecular weight excluding hydrogens is 394 g/mol. The summed E-state index contributed by atoms with van der Waals surface area (Å²) in [5.41, 5.74) is 3.48. The van der Waals surface area contributed by atoms with Crippen LogP contribution >= 0.6 is 11.3 Å². The molecular formula is C24H27N3O2S. The highest BCUT2D eigenvalue weighted by atomic mass is 32.1. The number of carbonyl (C=O) groups excluding carboxylic acids is 1. The quantitative estimate of drug-likeness (QED) is 0.534. The standard InChI is InChI=1S/C24H27N3O2S/c1-2-29-23(28)16-19-7-6-8-20(15-19)18-26-11-13-27(14-12-26)24-25-17-22(30-24)21-9-4-3-5-10-21/h3-10,15,17H,2,11-14,16,18H2,1H3. The highest BCUT2D eigenvalue weighted by Gasteiger charge is 2.20. The molecule has 0 amide bonds. The van der Waals surface area contributed by atoms with Gasteiger partial charge >= 0.3 is 5.97 Å². The van der Waals surface area contributed by atoms with E-state index in [0.717, 1.165) is 43.4 Å². The first-order valence-corrected chi connectivity index (χ1v) is 11.2. The first kappa shape index (κ1) is 20.6. The van der Waals surface area contributed by atoms with Crippen LogP contribution < -0.4 is 4.90 Å². The molecule has 0 bridgehead atoms. The molecule has 0 N–H and O–H groups in total. The van der Waals surface area contributed by atoms with Gasteiger partial charge in [-0.05, 0) is 23.6 Å². The molecule has 0 radical (unpaired) electrons. The van der Waals surface area contributed by atoms with Crippen LogP contribution in [0.15, 0.2) is 60.8 Å². The Labute approximate surface area is 181 Å². The fraction of sp³-hybridized carbons (Fsp3) is 0.333. The normalized spacial score (nSPS) is 14.6. The fourth-order valence-electron chi connectivity index (χ4n) is 3.72. The van der Waals surface area contributed by atoms with Crippen molar-refractivity contribution in [2.75, 3.05) is 37.7 Å². The molecule has 156 valence electrons. The minimum absolute atomic E-state index is 0.165. The first-order valence-electron chi connectivity index (χ1n) is 10.4. The molecule has 0 saturated carbocycles. The lowest BCUT2D eigenvalue weighted by Crippen LogP contribution is -2.45. The Bertz CT molecular complexity index is 965. The lowest BCUT2D eigenvalue weighted by Gasteiger charge is -2.34. The van der Waals surface area contributed by atoms with Crippen LogP contribution in [0.2, 0.25) is 0 Å². The largest absolute Gasteiger partial charge is 0.466 e. The lowest BCUT2D eigenvalue weighted by molar-refractivity contribution is -0.142. The Balaban J connectivity index is 1.31. The minimum Gasteiger partial charge on any atom is -0.466 e. The van der Waals surface area contributed by atoms with Crippen LogP contribution in [0.1, 0.15) is 18.1 Å². The van der Waals surface area contributed by atoms with Crippen LogP contribution in [0.3, 0.4) is 0 Å². The average Bonchev–Trinajstić information content (AvgIpc) is 3.26. The molecule has 0 spiro atoms. The molecule has 30 heavy (non-hydrogen) atoms. The SMILES string of the molecule is CCOC(=O)Cc1cccc(CN2CCN(c3ncc(-c4ccccc4)s3)CC2)c1. The Morgan fingerprint density at radius 2 is 1.80 bits per heavy atom. The van der Waals surface area contributed by atoms with Crippen molar-refractivity contribution in [3.05, 3.63) is 71.9 Å². The second-order valence-corrected chi connectivity index (χ2v) is 8.45. The first-order chi connectivity index (χ1) is 14.7. The van der Waals surface area contributed by atoms with Gasteiger partial charge in [0.05, 0.1) is 17.9 Å². The van der Waals surface area contributed by atoms with Crippen molar-refractivity contribution in [3.63, 3.8) is 0 Å². The van der Waals surface area contributed by atoms with E-state index in [9.17, 15) is 4.79 Å². The van der Waals surface area contributed by atoms with E-state index < -0.39 is 0 Å². The monoisotopic (exact) mass is 421 g/mol. The van der Waals surface area contributed by atoms with E-state index in [-0.39, 0.29) is 5.97 Å². The van der Waals surface area contributed by atoms with Crippen LogP contribution in [0.25, 0.3) is 10.4 Å². The predicted octanol–water partition coefficient (Wildman–Crippen LogP) is 4.24. The summed E-state index contributed by atoms with van der Waals surface area (Å²) in [6.45, 7) is 7.12. The Morgan fingerprint density at radius 3 is 2.57 bits per heavy atom. The van der Waals surface area contributed by atoms with E-state index in [4.69, 9.17) is 4.74 Å². The van der Waals surface area contributed by atoms with Gasteiger partial charge in [0.1, 0.15) is 0 Å². The van der Waals surface area contributed by atoms with Gasteiger partial charge in [0.2, 0.25) is 0 Å². The summed E-state index contributed by atoms with van der Waals surface area (Å²) in [5, 5.41) is 1.10. The fourth-order valence-corrected chi connectivity index (χ4v) is 4.69. The zero-order valence-electron chi connectivity index (χ0n) is 17.3. The molecule has 0 atom stereocenters. The minimum atomic E-state index is -0.165. The number of thiazole rings is 1. The van der Waals surface area contributed by atoms with E-state index in [1.165, 1.54) is 16.0 Å². The highest BCUT2D eigenvalue weighted by molar-refractivity contribution is 7.18.